The number of rotatable bonds is 2. The number of aryl methyl sites for hydroxylation is 1. The van der Waals surface area contributed by atoms with E-state index in [0.29, 0.717) is 16.8 Å². The highest BCUT2D eigenvalue weighted by molar-refractivity contribution is 5.87. The number of aromatic amines is 1. The Morgan fingerprint density at radius 1 is 1.04 bits per heavy atom. The van der Waals surface area contributed by atoms with Gasteiger partial charge in [-0.05, 0) is 44.0 Å². The number of nitrogens with one attached hydrogen (secondary N) is 1. The van der Waals surface area contributed by atoms with Crippen molar-refractivity contribution in [1.82, 2.24) is 4.98 Å². The largest absolute Gasteiger partial charge is 0.504 e. The highest BCUT2D eigenvalue weighted by Crippen LogP contribution is 2.41. The van der Waals surface area contributed by atoms with Crippen molar-refractivity contribution in [2.75, 3.05) is 0 Å². The Morgan fingerprint density at radius 3 is 2.30 bits per heavy atom. The van der Waals surface area contributed by atoms with E-state index >= 15 is 0 Å². The molecule has 3 aromatic rings. The molecule has 2 N–H and O–H groups in total. The molecule has 0 radical (unpaired) electrons. The first-order valence-corrected chi connectivity index (χ1v) is 8.16. The van der Waals surface area contributed by atoms with Crippen LogP contribution in [0.1, 0.15) is 25.0 Å². The molecule has 2 aromatic carbocycles. The molecule has 0 spiro atoms. The average Bonchev–Trinajstić information content (AvgIpc) is 2.56. The Balaban J connectivity index is 2.16. The summed E-state index contributed by atoms with van der Waals surface area (Å²) >= 11 is 0. The van der Waals surface area contributed by atoms with Crippen LogP contribution in [-0.2, 0) is 5.41 Å². The summed E-state index contributed by atoms with van der Waals surface area (Å²) in [7, 11) is 0. The van der Waals surface area contributed by atoms with Gasteiger partial charge in [0.1, 0.15) is 0 Å². The van der Waals surface area contributed by atoms with E-state index in [1.54, 1.807) is 6.92 Å². The van der Waals surface area contributed by atoms with Crippen molar-refractivity contribution in [2.45, 2.75) is 32.4 Å². The molecule has 3 rings (SSSR count). The number of hydrogen-bond donors (Lipinski definition) is 2. The quantitative estimate of drug-likeness (QED) is 0.602. The summed E-state index contributed by atoms with van der Waals surface area (Å²) in [5.74, 6) is -1.64. The van der Waals surface area contributed by atoms with Crippen LogP contribution in [-0.4, -0.2) is 16.3 Å². The predicted octanol–water partition coefficient (Wildman–Crippen LogP) is 5.19. The van der Waals surface area contributed by atoms with Crippen LogP contribution in [0.4, 0.5) is 17.6 Å². The standard InChI is InChI=1S/C20H17F4NO2/c1-10-8-11(19(2,3)20(22,23)24)4-5-12(10)15-9-16(26)17-14(25-15)7-6-13(21)18(17)27/h4-9,27H,1-3H3,(H,25,26). The van der Waals surface area contributed by atoms with Crippen LogP contribution in [0.5, 0.6) is 5.75 Å². The summed E-state index contributed by atoms with van der Waals surface area (Å²) in [4.78, 5) is 15.3. The van der Waals surface area contributed by atoms with Crippen LogP contribution in [0.25, 0.3) is 22.2 Å². The maximum Gasteiger partial charge on any atom is 0.397 e. The zero-order chi connectivity index (χ0) is 20.1. The summed E-state index contributed by atoms with van der Waals surface area (Å²) in [5.41, 5.74) is -0.807. The van der Waals surface area contributed by atoms with Crippen LogP contribution >= 0.6 is 0 Å². The molecule has 142 valence electrons. The number of phenols is 1. The van der Waals surface area contributed by atoms with Crippen molar-refractivity contribution >= 4 is 10.9 Å². The van der Waals surface area contributed by atoms with E-state index in [9.17, 15) is 27.5 Å². The van der Waals surface area contributed by atoms with Crippen molar-refractivity contribution in [3.8, 4) is 17.0 Å². The first-order chi connectivity index (χ1) is 12.4. The summed E-state index contributed by atoms with van der Waals surface area (Å²) in [6.45, 7) is 3.86. The van der Waals surface area contributed by atoms with Gasteiger partial charge in [0.25, 0.3) is 0 Å². The highest BCUT2D eigenvalue weighted by Gasteiger charge is 2.48. The lowest BCUT2D eigenvalue weighted by molar-refractivity contribution is -0.180. The molecule has 0 amide bonds. The van der Waals surface area contributed by atoms with Gasteiger partial charge >= 0.3 is 6.18 Å². The van der Waals surface area contributed by atoms with E-state index in [1.165, 1.54) is 30.3 Å². The number of benzene rings is 2. The van der Waals surface area contributed by atoms with Gasteiger partial charge in [-0.3, -0.25) is 4.79 Å². The van der Waals surface area contributed by atoms with Crippen molar-refractivity contribution in [3.63, 3.8) is 0 Å². The molecule has 0 unspecified atom stereocenters. The van der Waals surface area contributed by atoms with Crippen LogP contribution in [0.2, 0.25) is 0 Å². The Morgan fingerprint density at radius 2 is 1.70 bits per heavy atom. The topological polar surface area (TPSA) is 53.1 Å². The second-order valence-corrected chi connectivity index (χ2v) is 7.02. The fourth-order valence-electron chi connectivity index (χ4n) is 2.97. The number of H-pyrrole nitrogens is 1. The van der Waals surface area contributed by atoms with Gasteiger partial charge in [0.15, 0.2) is 17.0 Å². The highest BCUT2D eigenvalue weighted by atomic mass is 19.4. The fourth-order valence-corrected chi connectivity index (χ4v) is 2.97. The Kier molecular flexibility index (Phi) is 4.29. The summed E-state index contributed by atoms with van der Waals surface area (Å²) in [6, 6.07) is 7.87. The van der Waals surface area contributed by atoms with Crippen molar-refractivity contribution in [1.29, 1.82) is 0 Å². The molecule has 0 saturated heterocycles. The Labute approximate surface area is 152 Å². The molecule has 0 bridgehead atoms. The van der Waals surface area contributed by atoms with E-state index in [2.05, 4.69) is 4.98 Å². The van der Waals surface area contributed by atoms with Gasteiger partial charge in [-0.25, -0.2) is 4.39 Å². The normalized spacial score (nSPS) is 12.6. The summed E-state index contributed by atoms with van der Waals surface area (Å²) < 4.78 is 53.3. The lowest BCUT2D eigenvalue weighted by Crippen LogP contribution is -2.36. The molecule has 1 heterocycles. The van der Waals surface area contributed by atoms with Gasteiger partial charge in [-0.2, -0.15) is 13.2 Å². The van der Waals surface area contributed by atoms with E-state index < -0.39 is 28.6 Å². The van der Waals surface area contributed by atoms with Crippen LogP contribution in [0.15, 0.2) is 41.2 Å². The zero-order valence-electron chi connectivity index (χ0n) is 14.8. The van der Waals surface area contributed by atoms with Crippen LogP contribution in [0.3, 0.4) is 0 Å². The molecule has 0 fully saturated rings. The number of phenolic OH excluding ortho intramolecular Hbond substituents is 1. The first kappa shape index (κ1) is 18.9. The minimum atomic E-state index is -4.40. The number of pyridine rings is 1. The molecule has 0 aliphatic rings. The Hall–Kier alpha value is -2.83. The number of fused-ring (bicyclic) bond motifs is 1. The molecule has 0 aliphatic heterocycles. The molecule has 1 aromatic heterocycles. The molecule has 0 saturated carbocycles. The number of aromatic hydroxyl groups is 1. The van der Waals surface area contributed by atoms with Crippen LogP contribution in [0, 0.1) is 12.7 Å². The molecular formula is C20H17F4NO2. The van der Waals surface area contributed by atoms with E-state index in [0.717, 1.165) is 19.9 Å². The number of aromatic nitrogens is 1. The zero-order valence-corrected chi connectivity index (χ0v) is 14.8. The third-order valence-corrected chi connectivity index (χ3v) is 4.87. The van der Waals surface area contributed by atoms with Crippen molar-refractivity contribution in [3.05, 3.63) is 63.6 Å². The van der Waals surface area contributed by atoms with Crippen molar-refractivity contribution in [2.24, 2.45) is 0 Å². The van der Waals surface area contributed by atoms with Crippen LogP contribution < -0.4 is 5.43 Å². The molecule has 0 atom stereocenters. The fraction of sp³-hybridized carbons (Fsp3) is 0.250. The SMILES string of the molecule is Cc1cc(C(C)(C)C(F)(F)F)ccc1-c1cc(=O)c2c(O)c(F)ccc2[nH]1. The third kappa shape index (κ3) is 3.07. The van der Waals surface area contributed by atoms with Gasteiger partial charge < -0.3 is 10.1 Å². The van der Waals surface area contributed by atoms with E-state index in [4.69, 9.17) is 0 Å². The van der Waals surface area contributed by atoms with Gasteiger partial charge in [0, 0.05) is 17.3 Å². The average molecular weight is 379 g/mol. The molecule has 7 heteroatoms. The monoisotopic (exact) mass is 379 g/mol. The van der Waals surface area contributed by atoms with E-state index in [1.807, 2.05) is 0 Å². The second-order valence-electron chi connectivity index (χ2n) is 7.02. The molecule has 3 nitrogen and oxygen atoms in total. The number of alkyl halides is 3. The lowest BCUT2D eigenvalue weighted by Gasteiger charge is -2.29. The maximum atomic E-state index is 13.5. The minimum absolute atomic E-state index is 0.110. The molecule has 0 aliphatic carbocycles. The number of hydrogen-bond acceptors (Lipinski definition) is 2. The lowest BCUT2D eigenvalue weighted by atomic mass is 9.82. The predicted molar refractivity (Wildman–Crippen MR) is 95.4 cm³/mol. The molecule has 27 heavy (non-hydrogen) atoms. The summed E-state index contributed by atoms with van der Waals surface area (Å²) in [6.07, 6.45) is -4.40. The first-order valence-electron chi connectivity index (χ1n) is 8.16. The smallest absolute Gasteiger partial charge is 0.397 e. The number of halogens is 4. The third-order valence-electron chi connectivity index (χ3n) is 4.87. The Bertz CT molecular complexity index is 1100. The second kappa shape index (κ2) is 6.11. The summed E-state index contributed by atoms with van der Waals surface area (Å²) in [5, 5.41) is 9.58. The maximum absolute atomic E-state index is 13.5. The van der Waals surface area contributed by atoms with Gasteiger partial charge in [0.05, 0.1) is 16.3 Å². The minimum Gasteiger partial charge on any atom is -0.504 e. The van der Waals surface area contributed by atoms with Gasteiger partial charge in [0.2, 0.25) is 0 Å². The van der Waals surface area contributed by atoms with Gasteiger partial charge in [-0.15, -0.1) is 0 Å². The molecular weight excluding hydrogens is 362 g/mol. The van der Waals surface area contributed by atoms with Crippen molar-refractivity contribution < 1.29 is 22.7 Å². The van der Waals surface area contributed by atoms with E-state index in [-0.39, 0.29) is 16.5 Å². The van der Waals surface area contributed by atoms with Gasteiger partial charge in [-0.1, -0.05) is 18.2 Å².